The van der Waals surface area contributed by atoms with Gasteiger partial charge in [0.25, 0.3) is 0 Å². The third-order valence-electron chi connectivity index (χ3n) is 3.55. The van der Waals surface area contributed by atoms with Gasteiger partial charge in [-0.25, -0.2) is 0 Å². The first kappa shape index (κ1) is 8.25. The molecule has 1 heteroatoms. The van der Waals surface area contributed by atoms with Crippen LogP contribution in [-0.4, -0.2) is 5.11 Å². The Balaban J connectivity index is 2.13. The van der Waals surface area contributed by atoms with E-state index in [-0.39, 0.29) is 6.10 Å². The molecule has 0 fully saturated rings. The molecule has 2 aliphatic rings. The van der Waals surface area contributed by atoms with E-state index in [2.05, 4.69) is 30.4 Å². The van der Waals surface area contributed by atoms with Crippen LogP contribution < -0.4 is 0 Å². The summed E-state index contributed by atoms with van der Waals surface area (Å²) in [4.78, 5) is 0. The smallest absolute Gasteiger partial charge is 0.0830 e. The molecule has 0 heterocycles. The van der Waals surface area contributed by atoms with Gasteiger partial charge in [-0.3, -0.25) is 0 Å². The van der Waals surface area contributed by atoms with Crippen LogP contribution in [0.4, 0.5) is 0 Å². The van der Waals surface area contributed by atoms with Crippen molar-refractivity contribution >= 4 is 0 Å². The number of hydrogen-bond donors (Lipinski definition) is 1. The van der Waals surface area contributed by atoms with Crippen molar-refractivity contribution in [1.82, 2.24) is 0 Å². The monoisotopic (exact) mass is 186 g/mol. The highest BCUT2D eigenvalue weighted by atomic mass is 16.3. The summed E-state index contributed by atoms with van der Waals surface area (Å²) in [6.07, 6.45) is 6.52. The minimum absolute atomic E-state index is 0.235. The predicted octanol–water partition coefficient (Wildman–Crippen LogP) is 2.78. The fourth-order valence-electron chi connectivity index (χ4n) is 2.86. The molecule has 0 saturated heterocycles. The second-order valence-corrected chi connectivity index (χ2v) is 4.27. The van der Waals surface area contributed by atoms with Gasteiger partial charge in [-0.15, -0.1) is 0 Å². The molecule has 1 nitrogen and oxygen atoms in total. The highest BCUT2D eigenvalue weighted by Gasteiger charge is 2.38. The third-order valence-corrected chi connectivity index (χ3v) is 3.55. The van der Waals surface area contributed by atoms with E-state index in [0.29, 0.717) is 11.8 Å². The molecule has 72 valence electrons. The highest BCUT2D eigenvalue weighted by molar-refractivity contribution is 5.41. The second kappa shape index (κ2) is 2.96. The van der Waals surface area contributed by atoms with Crippen LogP contribution in [0.3, 0.4) is 0 Å². The average Bonchev–Trinajstić information content (AvgIpc) is 2.55. The summed E-state index contributed by atoms with van der Waals surface area (Å²) in [5, 5.41) is 10.1. The number of hydrogen-bond acceptors (Lipinski definition) is 1. The Morgan fingerprint density at radius 2 is 1.93 bits per heavy atom. The van der Waals surface area contributed by atoms with Crippen LogP contribution in [0.2, 0.25) is 0 Å². The largest absolute Gasteiger partial charge is 0.388 e. The zero-order valence-electron chi connectivity index (χ0n) is 8.06. The summed E-state index contributed by atoms with van der Waals surface area (Å²) in [7, 11) is 0. The number of aliphatic hydroxyl groups is 1. The molecule has 0 radical (unpaired) electrons. The number of benzene rings is 1. The van der Waals surface area contributed by atoms with Crippen molar-refractivity contribution in [3.63, 3.8) is 0 Å². The molecule has 0 bridgehead atoms. The summed E-state index contributed by atoms with van der Waals surface area (Å²) in [6.45, 7) is 0. The van der Waals surface area contributed by atoms with Gasteiger partial charge in [0.05, 0.1) is 6.10 Å². The zero-order valence-corrected chi connectivity index (χ0v) is 8.06. The number of allylic oxidation sites excluding steroid dienone is 2. The van der Waals surface area contributed by atoms with E-state index in [4.69, 9.17) is 0 Å². The van der Waals surface area contributed by atoms with Gasteiger partial charge in [-0.05, 0) is 29.9 Å². The average molecular weight is 186 g/mol. The van der Waals surface area contributed by atoms with Crippen LogP contribution in [0.25, 0.3) is 0 Å². The van der Waals surface area contributed by atoms with Crippen LogP contribution in [0.5, 0.6) is 0 Å². The van der Waals surface area contributed by atoms with Crippen molar-refractivity contribution in [2.45, 2.75) is 24.9 Å². The quantitative estimate of drug-likeness (QED) is 0.618. The van der Waals surface area contributed by atoms with Crippen LogP contribution in [-0.2, 0) is 0 Å². The summed E-state index contributed by atoms with van der Waals surface area (Å²) in [6, 6.07) is 8.30. The Labute approximate surface area is 84.1 Å². The predicted molar refractivity (Wildman–Crippen MR) is 56.0 cm³/mol. The molecule has 14 heavy (non-hydrogen) atoms. The summed E-state index contributed by atoms with van der Waals surface area (Å²) >= 11 is 0. The SMILES string of the molecule is O[C@H]1c2ccccc2[C@H]2C=CCC[C@H]21. The zero-order chi connectivity index (χ0) is 9.54. The summed E-state index contributed by atoms with van der Waals surface area (Å²) in [5.41, 5.74) is 2.48. The summed E-state index contributed by atoms with van der Waals surface area (Å²) in [5.74, 6) is 0.896. The first-order valence-electron chi connectivity index (χ1n) is 5.31. The lowest BCUT2D eigenvalue weighted by molar-refractivity contribution is 0.110. The molecule has 0 amide bonds. The van der Waals surface area contributed by atoms with Gasteiger partial charge in [-0.1, -0.05) is 36.4 Å². The number of rotatable bonds is 0. The first-order chi connectivity index (χ1) is 6.88. The molecule has 1 aromatic rings. The van der Waals surface area contributed by atoms with E-state index in [1.165, 1.54) is 5.56 Å². The van der Waals surface area contributed by atoms with Gasteiger partial charge in [0.15, 0.2) is 0 Å². The molecule has 0 aliphatic heterocycles. The maximum atomic E-state index is 10.1. The molecule has 1 aromatic carbocycles. The van der Waals surface area contributed by atoms with Crippen molar-refractivity contribution in [1.29, 1.82) is 0 Å². The van der Waals surface area contributed by atoms with Crippen LogP contribution in [0.15, 0.2) is 36.4 Å². The third kappa shape index (κ3) is 0.992. The van der Waals surface area contributed by atoms with Gasteiger partial charge >= 0.3 is 0 Å². The van der Waals surface area contributed by atoms with E-state index in [1.54, 1.807) is 0 Å². The van der Waals surface area contributed by atoms with Gasteiger partial charge in [0.2, 0.25) is 0 Å². The van der Waals surface area contributed by atoms with Gasteiger partial charge < -0.3 is 5.11 Å². The standard InChI is InChI=1S/C13H14O/c14-13-11-7-3-1-5-9(11)10-6-2-4-8-12(10)13/h1-3,5-7,10,12-14H,4,8H2/t10-,12-,13+/m1/s1. The Morgan fingerprint density at radius 1 is 1.14 bits per heavy atom. The molecule has 0 saturated carbocycles. The molecule has 3 rings (SSSR count). The molecule has 1 N–H and O–H groups in total. The van der Waals surface area contributed by atoms with E-state index < -0.39 is 0 Å². The fraction of sp³-hybridized carbons (Fsp3) is 0.385. The van der Waals surface area contributed by atoms with Crippen LogP contribution in [0.1, 0.15) is 36.0 Å². The van der Waals surface area contributed by atoms with Gasteiger partial charge in [0, 0.05) is 5.92 Å². The van der Waals surface area contributed by atoms with Crippen LogP contribution in [0, 0.1) is 5.92 Å². The van der Waals surface area contributed by atoms with Crippen LogP contribution >= 0.6 is 0 Å². The van der Waals surface area contributed by atoms with E-state index in [9.17, 15) is 5.11 Å². The van der Waals surface area contributed by atoms with Crippen molar-refractivity contribution in [2.24, 2.45) is 5.92 Å². The van der Waals surface area contributed by atoms with Crippen molar-refractivity contribution in [3.8, 4) is 0 Å². The molecule has 2 aliphatic carbocycles. The number of aliphatic hydroxyl groups excluding tert-OH is 1. The van der Waals surface area contributed by atoms with E-state index >= 15 is 0 Å². The topological polar surface area (TPSA) is 20.2 Å². The van der Waals surface area contributed by atoms with Crippen molar-refractivity contribution in [2.75, 3.05) is 0 Å². The minimum atomic E-state index is -0.235. The minimum Gasteiger partial charge on any atom is -0.388 e. The molecule has 3 atom stereocenters. The Kier molecular flexibility index (Phi) is 1.74. The normalized spacial score (nSPS) is 33.9. The molecule has 0 aromatic heterocycles. The molecular formula is C13H14O. The van der Waals surface area contributed by atoms with Gasteiger partial charge in [0.1, 0.15) is 0 Å². The molecular weight excluding hydrogens is 172 g/mol. The lowest BCUT2D eigenvalue weighted by Gasteiger charge is -2.22. The van der Waals surface area contributed by atoms with E-state index in [1.807, 2.05) is 6.07 Å². The Hall–Kier alpha value is -1.08. The highest BCUT2D eigenvalue weighted by Crippen LogP contribution is 2.49. The number of fused-ring (bicyclic) bond motifs is 3. The van der Waals surface area contributed by atoms with E-state index in [0.717, 1.165) is 18.4 Å². The second-order valence-electron chi connectivity index (χ2n) is 4.27. The molecule has 0 spiro atoms. The van der Waals surface area contributed by atoms with Crippen molar-refractivity contribution in [3.05, 3.63) is 47.5 Å². The lowest BCUT2D eigenvalue weighted by atomic mass is 9.84. The first-order valence-corrected chi connectivity index (χ1v) is 5.31. The molecule has 0 unspecified atom stereocenters. The Bertz CT molecular complexity index is 381. The Morgan fingerprint density at radius 3 is 2.79 bits per heavy atom. The fourth-order valence-corrected chi connectivity index (χ4v) is 2.86. The maximum absolute atomic E-state index is 10.1. The van der Waals surface area contributed by atoms with Crippen molar-refractivity contribution < 1.29 is 5.11 Å². The maximum Gasteiger partial charge on any atom is 0.0830 e. The van der Waals surface area contributed by atoms with Gasteiger partial charge in [-0.2, -0.15) is 0 Å². The lowest BCUT2D eigenvalue weighted by Crippen LogP contribution is -2.13. The summed E-state index contributed by atoms with van der Waals surface area (Å²) < 4.78 is 0.